The molecule has 1 amide bonds. The molecule has 0 fully saturated rings. The highest BCUT2D eigenvalue weighted by Gasteiger charge is 2.30. The Hall–Kier alpha value is -3.60. The van der Waals surface area contributed by atoms with Crippen LogP contribution in [0.15, 0.2) is 77.7 Å². The number of nitrogens with one attached hydrogen (secondary N) is 1. The fourth-order valence-corrected chi connectivity index (χ4v) is 3.96. The van der Waals surface area contributed by atoms with Crippen molar-refractivity contribution < 1.29 is 35.5 Å². The first-order chi connectivity index (χ1) is 16.0. The third kappa shape index (κ3) is 6.47. The third-order valence-electron chi connectivity index (χ3n) is 4.73. The van der Waals surface area contributed by atoms with Crippen LogP contribution in [-0.4, -0.2) is 32.9 Å². The lowest BCUT2D eigenvalue weighted by atomic mass is 10.2. The van der Waals surface area contributed by atoms with Gasteiger partial charge in [0.1, 0.15) is 11.6 Å². The Bertz CT molecular complexity index is 1260. The van der Waals surface area contributed by atoms with Gasteiger partial charge in [-0.2, -0.15) is 13.2 Å². The number of nitrogens with zero attached hydrogens (tertiary/aromatic N) is 1. The first kappa shape index (κ1) is 25.0. The van der Waals surface area contributed by atoms with Crippen LogP contribution in [0.25, 0.3) is 0 Å². The third-order valence-corrected chi connectivity index (χ3v) is 6.13. The minimum atomic E-state index is -4.61. The molecule has 11 heteroatoms. The second kappa shape index (κ2) is 10.1. The molecule has 0 saturated carbocycles. The van der Waals surface area contributed by atoms with Gasteiger partial charge in [0, 0.05) is 24.8 Å². The van der Waals surface area contributed by atoms with Crippen molar-refractivity contribution in [2.24, 2.45) is 0 Å². The number of likely N-dealkylation sites (N-methyl/N-ethyl adjacent to an activating group) is 1. The minimum Gasteiger partial charge on any atom is -0.484 e. The predicted molar refractivity (Wildman–Crippen MR) is 117 cm³/mol. The molecule has 0 bridgehead atoms. The van der Waals surface area contributed by atoms with Gasteiger partial charge in [-0.1, -0.05) is 24.3 Å². The monoisotopic (exact) mass is 496 g/mol. The molecule has 0 aliphatic rings. The molecule has 3 aromatic carbocycles. The van der Waals surface area contributed by atoms with Crippen LogP contribution in [0.2, 0.25) is 0 Å². The second-order valence-electron chi connectivity index (χ2n) is 7.29. The van der Waals surface area contributed by atoms with E-state index in [0.29, 0.717) is 11.6 Å². The molecule has 3 rings (SSSR count). The van der Waals surface area contributed by atoms with Crippen molar-refractivity contribution in [3.8, 4) is 5.75 Å². The van der Waals surface area contributed by atoms with Gasteiger partial charge < -0.3 is 9.64 Å². The summed E-state index contributed by atoms with van der Waals surface area (Å²) in [5, 5.41) is 0. The van der Waals surface area contributed by atoms with Crippen molar-refractivity contribution >= 4 is 21.6 Å². The fraction of sp³-hybridized carbons (Fsp3) is 0.174. The molecule has 0 atom stereocenters. The molecule has 0 spiro atoms. The molecule has 0 heterocycles. The number of rotatable bonds is 8. The quantitative estimate of drug-likeness (QED) is 0.460. The lowest BCUT2D eigenvalue weighted by molar-refractivity contribution is -0.137. The highest BCUT2D eigenvalue weighted by Crippen LogP contribution is 2.31. The molecule has 0 radical (unpaired) electrons. The van der Waals surface area contributed by atoms with Crippen molar-refractivity contribution in [2.45, 2.75) is 17.6 Å². The number of sulfonamides is 1. The lowest BCUT2D eigenvalue weighted by Crippen LogP contribution is -2.31. The maximum absolute atomic E-state index is 13.7. The number of benzene rings is 3. The Labute approximate surface area is 193 Å². The summed E-state index contributed by atoms with van der Waals surface area (Å²) < 4.78 is 84.7. The van der Waals surface area contributed by atoms with Crippen LogP contribution in [0, 0.1) is 5.82 Å². The molecule has 1 N–H and O–H groups in total. The van der Waals surface area contributed by atoms with E-state index in [1.54, 1.807) is 18.2 Å². The zero-order valence-electron chi connectivity index (χ0n) is 17.8. The van der Waals surface area contributed by atoms with Gasteiger partial charge >= 0.3 is 6.18 Å². The number of ether oxygens (including phenoxy) is 1. The van der Waals surface area contributed by atoms with Crippen LogP contribution in [0.4, 0.5) is 23.2 Å². The van der Waals surface area contributed by atoms with Crippen molar-refractivity contribution in [3.05, 3.63) is 89.7 Å². The predicted octanol–water partition coefficient (Wildman–Crippen LogP) is 4.68. The maximum Gasteiger partial charge on any atom is 0.416 e. The van der Waals surface area contributed by atoms with Crippen LogP contribution in [0.1, 0.15) is 11.1 Å². The van der Waals surface area contributed by atoms with Crippen molar-refractivity contribution in [1.82, 2.24) is 4.90 Å². The topological polar surface area (TPSA) is 75.7 Å². The van der Waals surface area contributed by atoms with E-state index in [9.17, 15) is 30.8 Å². The summed E-state index contributed by atoms with van der Waals surface area (Å²) in [7, 11) is -2.67. The lowest BCUT2D eigenvalue weighted by Gasteiger charge is -2.18. The number of halogens is 4. The number of hydrogen-bond acceptors (Lipinski definition) is 4. The largest absolute Gasteiger partial charge is 0.484 e. The first-order valence-electron chi connectivity index (χ1n) is 9.86. The molecule has 3 aromatic rings. The minimum absolute atomic E-state index is 0.0489. The fourth-order valence-electron chi connectivity index (χ4n) is 2.91. The molecule has 6 nitrogen and oxygen atoms in total. The second-order valence-corrected chi connectivity index (χ2v) is 8.97. The summed E-state index contributed by atoms with van der Waals surface area (Å²) in [6, 6.07) is 14.9. The zero-order chi connectivity index (χ0) is 24.9. The molecule has 180 valence electrons. The van der Waals surface area contributed by atoms with E-state index >= 15 is 0 Å². The number of amides is 1. The molecule has 0 saturated heterocycles. The van der Waals surface area contributed by atoms with Gasteiger partial charge in [-0.15, -0.1) is 0 Å². The van der Waals surface area contributed by atoms with Crippen LogP contribution in [0.5, 0.6) is 5.75 Å². The van der Waals surface area contributed by atoms with Gasteiger partial charge in [-0.05, 0) is 48.5 Å². The van der Waals surface area contributed by atoms with E-state index in [1.165, 1.54) is 48.3 Å². The summed E-state index contributed by atoms with van der Waals surface area (Å²) in [6.45, 7) is -0.313. The molecule has 0 unspecified atom stereocenters. The number of hydrogen-bond donors (Lipinski definition) is 1. The van der Waals surface area contributed by atoms with Crippen molar-refractivity contribution in [3.63, 3.8) is 0 Å². The highest BCUT2D eigenvalue weighted by atomic mass is 32.2. The highest BCUT2D eigenvalue weighted by molar-refractivity contribution is 7.92. The Morgan fingerprint density at radius 2 is 1.68 bits per heavy atom. The van der Waals surface area contributed by atoms with Gasteiger partial charge in [-0.25, -0.2) is 12.8 Å². The average molecular weight is 496 g/mol. The van der Waals surface area contributed by atoms with Gasteiger partial charge in [0.05, 0.1) is 10.5 Å². The summed E-state index contributed by atoms with van der Waals surface area (Å²) >= 11 is 0. The van der Waals surface area contributed by atoms with Gasteiger partial charge in [0.25, 0.3) is 15.9 Å². The van der Waals surface area contributed by atoms with E-state index in [2.05, 4.69) is 4.72 Å². The SMILES string of the molecule is CN(Cc1ccccc1F)C(=O)COc1ccc(S(=O)(=O)Nc2cccc(C(F)(F)F)c2)cc1. The smallest absolute Gasteiger partial charge is 0.416 e. The van der Waals surface area contributed by atoms with E-state index in [1.807, 2.05) is 0 Å². The molecule has 0 aliphatic carbocycles. The summed E-state index contributed by atoms with van der Waals surface area (Å²) in [4.78, 5) is 13.3. The normalized spacial score (nSPS) is 11.7. The number of anilines is 1. The van der Waals surface area contributed by atoms with E-state index in [4.69, 9.17) is 4.74 Å². The Kier molecular flexibility index (Phi) is 7.45. The molecular weight excluding hydrogens is 476 g/mol. The Balaban J connectivity index is 1.60. The molecule has 34 heavy (non-hydrogen) atoms. The van der Waals surface area contributed by atoms with E-state index < -0.39 is 33.5 Å². The van der Waals surface area contributed by atoms with Crippen LogP contribution >= 0.6 is 0 Å². The molecule has 0 aliphatic heterocycles. The van der Waals surface area contributed by atoms with Crippen molar-refractivity contribution in [1.29, 1.82) is 0 Å². The number of carbonyl (C=O) groups is 1. The van der Waals surface area contributed by atoms with E-state index in [0.717, 1.165) is 12.1 Å². The maximum atomic E-state index is 13.7. The van der Waals surface area contributed by atoms with Crippen LogP contribution in [0.3, 0.4) is 0 Å². The molecular formula is C23H20F4N2O4S. The summed E-state index contributed by atoms with van der Waals surface area (Å²) in [5.74, 6) is -0.657. The zero-order valence-corrected chi connectivity index (χ0v) is 18.7. The average Bonchev–Trinajstić information content (AvgIpc) is 2.78. The van der Waals surface area contributed by atoms with E-state index in [-0.39, 0.29) is 29.5 Å². The van der Waals surface area contributed by atoms with Crippen LogP contribution < -0.4 is 9.46 Å². The Morgan fingerprint density at radius 3 is 2.32 bits per heavy atom. The molecule has 0 aromatic heterocycles. The van der Waals surface area contributed by atoms with Crippen LogP contribution in [-0.2, 0) is 27.5 Å². The van der Waals surface area contributed by atoms with Crippen molar-refractivity contribution in [2.75, 3.05) is 18.4 Å². The van der Waals surface area contributed by atoms with Gasteiger partial charge in [0.15, 0.2) is 6.61 Å². The standard InChI is InChI=1S/C23H20F4N2O4S/c1-29(14-16-5-2-3-8-21(16)24)22(30)15-33-19-9-11-20(12-10-19)34(31,32)28-18-7-4-6-17(13-18)23(25,26)27/h2-13,28H,14-15H2,1H3. The summed E-state index contributed by atoms with van der Waals surface area (Å²) in [6.07, 6.45) is -4.61. The number of carbonyl (C=O) groups excluding carboxylic acids is 1. The first-order valence-corrected chi connectivity index (χ1v) is 11.3. The number of alkyl halides is 3. The Morgan fingerprint density at radius 1 is 1.00 bits per heavy atom. The van der Waals surface area contributed by atoms with Gasteiger partial charge in [0.2, 0.25) is 0 Å². The van der Waals surface area contributed by atoms with Gasteiger partial charge in [-0.3, -0.25) is 9.52 Å². The summed E-state index contributed by atoms with van der Waals surface area (Å²) in [5.41, 5.74) is -0.874.